The van der Waals surface area contributed by atoms with Crippen molar-refractivity contribution in [3.8, 4) is 45.4 Å². The standard InChI is InChI=1S/C37H23N5/c1-4-12-24(13-5-1)33-34-32(29-19-11-10-18-28(29)23-38-34)30-21-20-27(22-31(30)39-33)37-41-35(25-14-6-2-7-15-25)40-36(42-37)26-16-8-3-9-17-26/h1-23H. The Kier molecular flexibility index (Phi) is 5.71. The van der Waals surface area contributed by atoms with Gasteiger partial charge in [0.25, 0.3) is 0 Å². The van der Waals surface area contributed by atoms with Crippen molar-refractivity contribution < 1.29 is 0 Å². The van der Waals surface area contributed by atoms with Crippen LogP contribution in [0.2, 0.25) is 0 Å². The molecule has 0 radical (unpaired) electrons. The third-order valence-electron chi connectivity index (χ3n) is 7.53. The van der Waals surface area contributed by atoms with Gasteiger partial charge in [-0.1, -0.05) is 127 Å². The van der Waals surface area contributed by atoms with Crippen LogP contribution in [0.4, 0.5) is 0 Å². The van der Waals surface area contributed by atoms with E-state index in [1.165, 1.54) is 0 Å². The second-order valence-electron chi connectivity index (χ2n) is 10.2. The number of aromatic nitrogens is 5. The molecule has 0 aliphatic carbocycles. The molecule has 8 aromatic rings. The second kappa shape index (κ2) is 9.98. The lowest BCUT2D eigenvalue weighted by molar-refractivity contribution is 1.07. The number of fused-ring (bicyclic) bond motifs is 5. The summed E-state index contributed by atoms with van der Waals surface area (Å²) in [7, 11) is 0. The average Bonchev–Trinajstić information content (AvgIpc) is 3.08. The summed E-state index contributed by atoms with van der Waals surface area (Å²) >= 11 is 0. The van der Waals surface area contributed by atoms with Crippen LogP contribution in [0.3, 0.4) is 0 Å². The van der Waals surface area contributed by atoms with Gasteiger partial charge in [-0.25, -0.2) is 19.9 Å². The Labute approximate surface area is 242 Å². The van der Waals surface area contributed by atoms with Crippen LogP contribution >= 0.6 is 0 Å². The van der Waals surface area contributed by atoms with Gasteiger partial charge in [-0.2, -0.15) is 0 Å². The number of hydrogen-bond donors (Lipinski definition) is 0. The van der Waals surface area contributed by atoms with Gasteiger partial charge in [0.05, 0.1) is 16.7 Å². The molecule has 0 aliphatic heterocycles. The van der Waals surface area contributed by atoms with Crippen LogP contribution in [0.5, 0.6) is 0 Å². The minimum atomic E-state index is 0.601. The summed E-state index contributed by atoms with van der Waals surface area (Å²) in [5.74, 6) is 1.86. The molecule has 3 heterocycles. The van der Waals surface area contributed by atoms with E-state index in [9.17, 15) is 0 Å². The molecule has 5 heteroatoms. The Morgan fingerprint density at radius 1 is 0.405 bits per heavy atom. The van der Waals surface area contributed by atoms with Crippen LogP contribution in [0, 0.1) is 0 Å². The largest absolute Gasteiger partial charge is 0.253 e. The molecule has 3 aromatic heterocycles. The molecule has 8 rings (SSSR count). The fraction of sp³-hybridized carbons (Fsp3) is 0. The van der Waals surface area contributed by atoms with Crippen LogP contribution in [0.15, 0.2) is 140 Å². The zero-order valence-corrected chi connectivity index (χ0v) is 22.5. The first kappa shape index (κ1) is 24.0. The van der Waals surface area contributed by atoms with E-state index in [0.717, 1.165) is 60.5 Å². The summed E-state index contributed by atoms with van der Waals surface area (Å²) < 4.78 is 0. The summed E-state index contributed by atoms with van der Waals surface area (Å²) in [6.45, 7) is 0. The minimum absolute atomic E-state index is 0.601. The fourth-order valence-electron chi connectivity index (χ4n) is 5.50. The highest BCUT2D eigenvalue weighted by Crippen LogP contribution is 2.37. The predicted molar refractivity (Wildman–Crippen MR) is 170 cm³/mol. The Balaban J connectivity index is 1.40. The van der Waals surface area contributed by atoms with Crippen LogP contribution in [0.25, 0.3) is 78.0 Å². The maximum Gasteiger partial charge on any atom is 0.164 e. The van der Waals surface area contributed by atoms with E-state index in [1.807, 2.05) is 91.1 Å². The molecule has 196 valence electrons. The highest BCUT2D eigenvalue weighted by atomic mass is 15.0. The molecular formula is C37H23N5. The number of nitrogens with zero attached hydrogens (tertiary/aromatic N) is 5. The highest BCUT2D eigenvalue weighted by Gasteiger charge is 2.17. The van der Waals surface area contributed by atoms with Gasteiger partial charge < -0.3 is 0 Å². The third kappa shape index (κ3) is 4.16. The van der Waals surface area contributed by atoms with Crippen LogP contribution in [-0.2, 0) is 0 Å². The zero-order chi connectivity index (χ0) is 27.9. The van der Waals surface area contributed by atoms with Gasteiger partial charge in [0.2, 0.25) is 0 Å². The maximum absolute atomic E-state index is 5.19. The van der Waals surface area contributed by atoms with Gasteiger partial charge in [0.15, 0.2) is 17.5 Å². The van der Waals surface area contributed by atoms with Crippen molar-refractivity contribution in [3.63, 3.8) is 0 Å². The van der Waals surface area contributed by atoms with E-state index in [1.54, 1.807) is 0 Å². The van der Waals surface area contributed by atoms with Gasteiger partial charge in [-0.3, -0.25) is 4.98 Å². The zero-order valence-electron chi connectivity index (χ0n) is 22.5. The minimum Gasteiger partial charge on any atom is -0.253 e. The molecule has 0 amide bonds. The maximum atomic E-state index is 5.19. The monoisotopic (exact) mass is 537 g/mol. The highest BCUT2D eigenvalue weighted by molar-refractivity contribution is 6.21. The van der Waals surface area contributed by atoms with Crippen LogP contribution in [0.1, 0.15) is 0 Å². The van der Waals surface area contributed by atoms with Gasteiger partial charge >= 0.3 is 0 Å². The molecular weight excluding hydrogens is 514 g/mol. The van der Waals surface area contributed by atoms with Gasteiger partial charge in [-0.15, -0.1) is 0 Å². The van der Waals surface area contributed by atoms with Crippen molar-refractivity contribution in [2.75, 3.05) is 0 Å². The molecule has 0 atom stereocenters. The van der Waals surface area contributed by atoms with E-state index in [4.69, 9.17) is 24.9 Å². The lowest BCUT2D eigenvalue weighted by Gasteiger charge is -2.13. The number of rotatable bonds is 4. The van der Waals surface area contributed by atoms with Crippen LogP contribution in [-0.4, -0.2) is 24.9 Å². The quantitative estimate of drug-likeness (QED) is 0.210. The normalized spacial score (nSPS) is 11.3. The SMILES string of the molecule is c1ccc(-c2nc(-c3ccccc3)nc(-c3ccc4c(c3)nc(-c3ccccc3)c3ncc5ccccc5c34)n2)cc1. The molecule has 0 aliphatic rings. The van der Waals surface area contributed by atoms with Crippen molar-refractivity contribution in [1.82, 2.24) is 24.9 Å². The summed E-state index contributed by atoms with van der Waals surface area (Å²) in [4.78, 5) is 24.8. The molecule has 0 saturated carbocycles. The van der Waals surface area contributed by atoms with Crippen molar-refractivity contribution >= 4 is 32.6 Å². The fourth-order valence-corrected chi connectivity index (χ4v) is 5.50. The Morgan fingerprint density at radius 2 is 0.952 bits per heavy atom. The van der Waals surface area contributed by atoms with Gasteiger partial charge in [0.1, 0.15) is 0 Å². The molecule has 42 heavy (non-hydrogen) atoms. The van der Waals surface area contributed by atoms with E-state index in [0.29, 0.717) is 17.5 Å². The number of hydrogen-bond acceptors (Lipinski definition) is 5. The topological polar surface area (TPSA) is 64.5 Å². The van der Waals surface area contributed by atoms with Crippen molar-refractivity contribution in [2.24, 2.45) is 0 Å². The summed E-state index contributed by atoms with van der Waals surface area (Å²) in [6.07, 6.45) is 1.94. The van der Waals surface area contributed by atoms with E-state index in [-0.39, 0.29) is 0 Å². The Morgan fingerprint density at radius 3 is 1.60 bits per heavy atom. The summed E-state index contributed by atoms with van der Waals surface area (Å²) in [5, 5.41) is 4.38. The van der Waals surface area contributed by atoms with Crippen molar-refractivity contribution in [2.45, 2.75) is 0 Å². The molecule has 0 N–H and O–H groups in total. The third-order valence-corrected chi connectivity index (χ3v) is 7.53. The molecule has 0 saturated heterocycles. The Bertz CT molecular complexity index is 2170. The first-order chi connectivity index (χ1) is 20.8. The first-order valence-corrected chi connectivity index (χ1v) is 13.9. The van der Waals surface area contributed by atoms with Crippen molar-refractivity contribution in [1.29, 1.82) is 0 Å². The molecule has 5 nitrogen and oxygen atoms in total. The second-order valence-corrected chi connectivity index (χ2v) is 10.2. The lowest BCUT2D eigenvalue weighted by atomic mass is 9.98. The van der Waals surface area contributed by atoms with E-state index >= 15 is 0 Å². The summed E-state index contributed by atoms with van der Waals surface area (Å²) in [5.41, 5.74) is 6.37. The molecule has 0 bridgehead atoms. The van der Waals surface area contributed by atoms with Gasteiger partial charge in [0, 0.05) is 44.6 Å². The first-order valence-electron chi connectivity index (χ1n) is 13.9. The van der Waals surface area contributed by atoms with Crippen LogP contribution < -0.4 is 0 Å². The number of benzene rings is 5. The lowest BCUT2D eigenvalue weighted by Crippen LogP contribution is -2.00. The van der Waals surface area contributed by atoms with E-state index < -0.39 is 0 Å². The predicted octanol–water partition coefficient (Wildman–Crippen LogP) is 8.79. The molecule has 0 unspecified atom stereocenters. The van der Waals surface area contributed by atoms with Gasteiger partial charge in [-0.05, 0) is 11.5 Å². The van der Waals surface area contributed by atoms with Crippen molar-refractivity contribution in [3.05, 3.63) is 140 Å². The van der Waals surface area contributed by atoms with E-state index in [2.05, 4.69) is 48.5 Å². The Hall–Kier alpha value is -5.81. The number of pyridine rings is 2. The smallest absolute Gasteiger partial charge is 0.164 e. The molecule has 0 fully saturated rings. The molecule has 0 spiro atoms. The summed E-state index contributed by atoms with van der Waals surface area (Å²) in [6, 6.07) is 45.0. The average molecular weight is 538 g/mol. The molecule has 5 aromatic carbocycles.